The van der Waals surface area contributed by atoms with Crippen molar-refractivity contribution < 1.29 is 28.9 Å². The largest absolute Gasteiger partial charge is 0.490 e. The molecule has 0 aliphatic carbocycles. The zero-order valence-corrected chi connectivity index (χ0v) is 20.9. The Morgan fingerprint density at radius 3 is 2.45 bits per heavy atom. The fourth-order valence-corrected chi connectivity index (χ4v) is 3.95. The summed E-state index contributed by atoms with van der Waals surface area (Å²) < 4.78 is 16.8. The number of nitro benzene ring substituents is 2. The second-order valence-electron chi connectivity index (χ2n) is 8.02. The molecule has 0 amide bonds. The van der Waals surface area contributed by atoms with Crippen molar-refractivity contribution >= 4 is 40.9 Å². The Morgan fingerprint density at radius 1 is 1.05 bits per heavy atom. The zero-order valence-electron chi connectivity index (χ0n) is 20.2. The number of rotatable bonds is 9. The maximum atomic E-state index is 12.5. The lowest BCUT2D eigenvalue weighted by Gasteiger charge is -2.14. The number of ether oxygens (including phenoxy) is 3. The highest BCUT2D eigenvalue weighted by Crippen LogP contribution is 2.38. The Morgan fingerprint density at radius 2 is 1.79 bits per heavy atom. The van der Waals surface area contributed by atoms with E-state index in [4.69, 9.17) is 25.8 Å². The minimum Gasteiger partial charge on any atom is -0.490 e. The summed E-state index contributed by atoms with van der Waals surface area (Å²) in [5, 5.41) is 22.3. The molecule has 0 radical (unpaired) electrons. The molecular formula is C26H20ClN3O8. The number of carbonyl (C=O) groups is 1. The van der Waals surface area contributed by atoms with Crippen molar-refractivity contribution in [1.29, 1.82) is 0 Å². The van der Waals surface area contributed by atoms with Gasteiger partial charge in [-0.3, -0.25) is 20.2 Å². The third kappa shape index (κ3) is 5.62. The van der Waals surface area contributed by atoms with Gasteiger partial charge in [0.2, 0.25) is 5.90 Å². The lowest BCUT2D eigenvalue weighted by atomic mass is 10.1. The van der Waals surface area contributed by atoms with Gasteiger partial charge >= 0.3 is 5.97 Å². The van der Waals surface area contributed by atoms with Gasteiger partial charge in [0.1, 0.15) is 6.61 Å². The number of non-ortho nitro benzene ring substituents is 1. The summed E-state index contributed by atoms with van der Waals surface area (Å²) in [7, 11) is 0. The summed E-state index contributed by atoms with van der Waals surface area (Å²) in [5.74, 6) is -0.182. The molecule has 4 rings (SSSR count). The fourth-order valence-electron chi connectivity index (χ4n) is 3.68. The van der Waals surface area contributed by atoms with Crippen LogP contribution in [-0.2, 0) is 16.1 Å². The molecule has 1 heterocycles. The van der Waals surface area contributed by atoms with E-state index in [2.05, 4.69) is 4.99 Å². The summed E-state index contributed by atoms with van der Waals surface area (Å²) >= 11 is 6.48. The highest BCUT2D eigenvalue weighted by molar-refractivity contribution is 6.32. The molecule has 0 N–H and O–H groups in total. The van der Waals surface area contributed by atoms with Crippen LogP contribution in [0, 0.1) is 27.2 Å². The van der Waals surface area contributed by atoms with Crippen molar-refractivity contribution in [3.05, 3.63) is 108 Å². The molecule has 11 nitrogen and oxygen atoms in total. The van der Waals surface area contributed by atoms with Gasteiger partial charge in [-0.1, -0.05) is 17.7 Å². The van der Waals surface area contributed by atoms with E-state index in [-0.39, 0.29) is 40.3 Å². The van der Waals surface area contributed by atoms with Crippen LogP contribution < -0.4 is 9.47 Å². The minimum atomic E-state index is -0.724. The molecule has 0 saturated heterocycles. The zero-order chi connectivity index (χ0) is 27.4. The average Bonchev–Trinajstić information content (AvgIpc) is 3.23. The van der Waals surface area contributed by atoms with E-state index in [0.29, 0.717) is 34.6 Å². The van der Waals surface area contributed by atoms with Gasteiger partial charge in [-0.25, -0.2) is 9.79 Å². The van der Waals surface area contributed by atoms with E-state index < -0.39 is 15.8 Å². The van der Waals surface area contributed by atoms with Crippen molar-refractivity contribution in [2.24, 2.45) is 4.99 Å². The van der Waals surface area contributed by atoms with Gasteiger partial charge in [0.05, 0.1) is 21.5 Å². The Kier molecular flexibility index (Phi) is 7.68. The highest BCUT2D eigenvalue weighted by Gasteiger charge is 2.27. The van der Waals surface area contributed by atoms with Crippen molar-refractivity contribution in [3.63, 3.8) is 0 Å². The average molecular weight is 538 g/mol. The Bertz CT molecular complexity index is 1500. The highest BCUT2D eigenvalue weighted by atomic mass is 35.5. The molecule has 3 aromatic carbocycles. The van der Waals surface area contributed by atoms with E-state index in [1.54, 1.807) is 44.2 Å². The number of hydrogen-bond donors (Lipinski definition) is 0. The summed E-state index contributed by atoms with van der Waals surface area (Å²) in [6, 6.07) is 13.5. The van der Waals surface area contributed by atoms with E-state index in [1.165, 1.54) is 30.3 Å². The van der Waals surface area contributed by atoms with Crippen molar-refractivity contribution in [1.82, 2.24) is 0 Å². The molecule has 1 aliphatic heterocycles. The van der Waals surface area contributed by atoms with Crippen molar-refractivity contribution in [2.75, 3.05) is 6.61 Å². The van der Waals surface area contributed by atoms with Gasteiger partial charge in [-0.2, -0.15) is 0 Å². The van der Waals surface area contributed by atoms with Crippen LogP contribution in [0.2, 0.25) is 5.02 Å². The van der Waals surface area contributed by atoms with Crippen molar-refractivity contribution in [3.8, 4) is 11.5 Å². The van der Waals surface area contributed by atoms with Crippen LogP contribution in [0.5, 0.6) is 11.5 Å². The summed E-state index contributed by atoms with van der Waals surface area (Å²) in [5.41, 5.74) is 1.65. The molecule has 0 unspecified atom stereocenters. The van der Waals surface area contributed by atoms with Crippen LogP contribution in [0.15, 0.2) is 65.3 Å². The minimum absolute atomic E-state index is 0.0241. The SMILES string of the molecule is CCOc1cc(/C=C2\N=C(c3cccc([N+](=O)[O-])c3C)OC2=O)cc(Cl)c1OCc1ccc([N+](=O)[O-])cc1. The first kappa shape index (κ1) is 26.3. The molecule has 0 saturated carbocycles. The van der Waals surface area contributed by atoms with Gasteiger partial charge in [0.25, 0.3) is 11.4 Å². The predicted octanol–water partition coefficient (Wildman–Crippen LogP) is 5.79. The first-order valence-electron chi connectivity index (χ1n) is 11.3. The third-order valence-corrected chi connectivity index (χ3v) is 5.80. The molecule has 38 heavy (non-hydrogen) atoms. The van der Waals surface area contributed by atoms with Gasteiger partial charge in [-0.05, 0) is 61.4 Å². The maximum Gasteiger partial charge on any atom is 0.363 e. The molecule has 12 heteroatoms. The molecule has 194 valence electrons. The van der Waals surface area contributed by atoms with Crippen molar-refractivity contribution in [2.45, 2.75) is 20.5 Å². The van der Waals surface area contributed by atoms with Crippen LogP contribution >= 0.6 is 11.6 Å². The van der Waals surface area contributed by atoms with Crippen LogP contribution in [0.25, 0.3) is 6.08 Å². The number of carbonyl (C=O) groups excluding carboxylic acids is 1. The van der Waals surface area contributed by atoms with E-state index in [0.717, 1.165) is 0 Å². The topological polar surface area (TPSA) is 143 Å². The van der Waals surface area contributed by atoms with Crippen LogP contribution in [0.3, 0.4) is 0 Å². The molecule has 0 bridgehead atoms. The third-order valence-electron chi connectivity index (χ3n) is 5.52. The Hall–Kier alpha value is -4.77. The first-order valence-corrected chi connectivity index (χ1v) is 11.6. The van der Waals surface area contributed by atoms with E-state index in [1.807, 2.05) is 0 Å². The maximum absolute atomic E-state index is 12.5. The van der Waals surface area contributed by atoms with Gasteiger partial charge in [-0.15, -0.1) is 0 Å². The van der Waals surface area contributed by atoms with Gasteiger partial charge in [0, 0.05) is 29.3 Å². The number of cyclic esters (lactones) is 1. The Balaban J connectivity index is 1.61. The summed E-state index contributed by atoms with van der Waals surface area (Å²) in [6.45, 7) is 3.72. The molecule has 1 aliphatic rings. The quantitative estimate of drug-likeness (QED) is 0.144. The van der Waals surface area contributed by atoms with Gasteiger partial charge in [0.15, 0.2) is 17.2 Å². The number of halogens is 1. The molecule has 0 fully saturated rings. The lowest BCUT2D eigenvalue weighted by Crippen LogP contribution is -2.08. The monoisotopic (exact) mass is 537 g/mol. The van der Waals surface area contributed by atoms with Crippen LogP contribution in [0.4, 0.5) is 11.4 Å². The molecule has 0 atom stereocenters. The number of nitrogens with zero attached hydrogens (tertiary/aromatic N) is 3. The Labute approximate surface area is 221 Å². The normalized spacial score (nSPS) is 13.7. The summed E-state index contributed by atoms with van der Waals surface area (Å²) in [4.78, 5) is 37.8. The number of benzene rings is 3. The number of aliphatic imine (C=N–C) groups is 1. The van der Waals surface area contributed by atoms with Gasteiger partial charge < -0.3 is 14.2 Å². The molecular weight excluding hydrogens is 518 g/mol. The second kappa shape index (κ2) is 11.1. The lowest BCUT2D eigenvalue weighted by molar-refractivity contribution is -0.385. The number of hydrogen-bond acceptors (Lipinski definition) is 9. The fraction of sp³-hybridized carbons (Fsp3) is 0.154. The first-order chi connectivity index (χ1) is 18.2. The van der Waals surface area contributed by atoms with E-state index in [9.17, 15) is 25.0 Å². The standard InChI is InChI=1S/C26H20ClN3O8/c1-3-36-23-13-17(11-20(27)24(23)37-14-16-7-9-18(10-8-16)29(32)33)12-21-26(31)38-25(28-21)19-5-4-6-22(15(19)2)30(34)35/h4-13H,3,14H2,1-2H3/b21-12-. The van der Waals surface area contributed by atoms with E-state index >= 15 is 0 Å². The second-order valence-corrected chi connectivity index (χ2v) is 8.43. The van der Waals surface area contributed by atoms with Crippen LogP contribution in [0.1, 0.15) is 29.2 Å². The predicted molar refractivity (Wildman–Crippen MR) is 138 cm³/mol. The molecule has 0 spiro atoms. The summed E-state index contributed by atoms with van der Waals surface area (Å²) in [6.07, 6.45) is 1.45. The number of esters is 1. The molecule has 3 aromatic rings. The smallest absolute Gasteiger partial charge is 0.363 e. The van der Waals surface area contributed by atoms with Crippen LogP contribution in [-0.4, -0.2) is 28.3 Å². The number of nitro groups is 2. The molecule has 0 aromatic heterocycles.